The lowest BCUT2D eigenvalue weighted by atomic mass is 9.99. The fraction of sp³-hybridized carbons (Fsp3) is 0.750. The second kappa shape index (κ2) is 5.15. The van der Waals surface area contributed by atoms with E-state index in [1.807, 2.05) is 0 Å². The molecular formula is C12H21N3S. The van der Waals surface area contributed by atoms with Gasteiger partial charge in [0.25, 0.3) is 0 Å². The fourth-order valence-electron chi connectivity index (χ4n) is 2.22. The molecule has 1 aliphatic heterocycles. The Labute approximate surface area is 102 Å². The van der Waals surface area contributed by atoms with Gasteiger partial charge in [0.1, 0.15) is 0 Å². The molecule has 1 atom stereocenters. The first kappa shape index (κ1) is 11.9. The van der Waals surface area contributed by atoms with E-state index in [4.69, 9.17) is 0 Å². The van der Waals surface area contributed by atoms with Crippen molar-refractivity contribution < 1.29 is 0 Å². The predicted octanol–water partition coefficient (Wildman–Crippen LogP) is 2.51. The summed E-state index contributed by atoms with van der Waals surface area (Å²) in [6.45, 7) is 7.75. The summed E-state index contributed by atoms with van der Waals surface area (Å²) in [5, 5.41) is 4.56. The molecular weight excluding hydrogens is 218 g/mol. The highest BCUT2D eigenvalue weighted by Gasteiger charge is 2.17. The van der Waals surface area contributed by atoms with Crippen LogP contribution in [0.3, 0.4) is 0 Å². The molecule has 0 spiro atoms. The third-order valence-corrected chi connectivity index (χ3v) is 4.32. The Morgan fingerprint density at radius 3 is 2.94 bits per heavy atom. The van der Waals surface area contributed by atoms with Gasteiger partial charge < -0.3 is 10.2 Å². The smallest absolute Gasteiger partial charge is 0.183 e. The van der Waals surface area contributed by atoms with Crippen LogP contribution in [0, 0.1) is 19.8 Å². The summed E-state index contributed by atoms with van der Waals surface area (Å²) in [4.78, 5) is 8.25. The van der Waals surface area contributed by atoms with E-state index in [0.717, 1.165) is 23.3 Å². The van der Waals surface area contributed by atoms with Gasteiger partial charge in [-0.1, -0.05) is 0 Å². The summed E-state index contributed by atoms with van der Waals surface area (Å²) >= 11 is 1.77. The first-order chi connectivity index (χ1) is 7.65. The van der Waals surface area contributed by atoms with Crippen molar-refractivity contribution in [2.24, 2.45) is 5.92 Å². The lowest BCUT2D eigenvalue weighted by Crippen LogP contribution is -2.35. The van der Waals surface area contributed by atoms with E-state index in [1.165, 1.54) is 30.8 Å². The quantitative estimate of drug-likeness (QED) is 0.878. The van der Waals surface area contributed by atoms with Gasteiger partial charge in [0.15, 0.2) is 5.13 Å². The average Bonchev–Trinajstić information content (AvgIpc) is 2.56. The summed E-state index contributed by atoms with van der Waals surface area (Å²) in [5.74, 6) is 0.781. The maximum atomic E-state index is 4.51. The Hall–Kier alpha value is -0.610. The van der Waals surface area contributed by atoms with Gasteiger partial charge >= 0.3 is 0 Å². The molecule has 2 heterocycles. The number of aryl methyl sites for hydroxylation is 2. The van der Waals surface area contributed by atoms with Crippen LogP contribution in [0.1, 0.15) is 23.4 Å². The molecule has 1 fully saturated rings. The Bertz CT molecular complexity index is 329. The molecule has 1 unspecified atom stereocenters. The van der Waals surface area contributed by atoms with Crippen molar-refractivity contribution in [3.8, 4) is 0 Å². The normalized spacial score (nSPS) is 22.3. The number of likely N-dealkylation sites (tertiary alicyclic amines) is 1. The number of hydrogen-bond acceptors (Lipinski definition) is 4. The topological polar surface area (TPSA) is 28.2 Å². The number of aromatic nitrogens is 1. The van der Waals surface area contributed by atoms with Crippen molar-refractivity contribution in [2.75, 3.05) is 32.0 Å². The van der Waals surface area contributed by atoms with Gasteiger partial charge in [-0.3, -0.25) is 0 Å². The number of nitrogens with zero attached hydrogens (tertiary/aromatic N) is 2. The molecule has 2 rings (SSSR count). The van der Waals surface area contributed by atoms with E-state index in [1.54, 1.807) is 11.3 Å². The average molecular weight is 239 g/mol. The molecule has 0 amide bonds. The second-order valence-electron chi connectivity index (χ2n) is 4.81. The molecule has 0 aromatic carbocycles. The van der Waals surface area contributed by atoms with Crippen molar-refractivity contribution >= 4 is 16.5 Å². The molecule has 1 aliphatic rings. The van der Waals surface area contributed by atoms with E-state index >= 15 is 0 Å². The van der Waals surface area contributed by atoms with Crippen molar-refractivity contribution in [1.82, 2.24) is 9.88 Å². The standard InChI is InChI=1S/C12H21N3S/c1-9-10(2)16-12(14-9)13-7-11-5-4-6-15(3)8-11/h11H,4-8H2,1-3H3,(H,13,14). The van der Waals surface area contributed by atoms with E-state index in [-0.39, 0.29) is 0 Å². The predicted molar refractivity (Wildman–Crippen MR) is 70.3 cm³/mol. The Balaban J connectivity index is 1.82. The van der Waals surface area contributed by atoms with Crippen LogP contribution in [0.5, 0.6) is 0 Å². The van der Waals surface area contributed by atoms with Crippen LogP contribution in [0.2, 0.25) is 0 Å². The van der Waals surface area contributed by atoms with E-state index in [0.29, 0.717) is 0 Å². The van der Waals surface area contributed by atoms with E-state index < -0.39 is 0 Å². The summed E-state index contributed by atoms with van der Waals surface area (Å²) in [6, 6.07) is 0. The van der Waals surface area contributed by atoms with Gasteiger partial charge in [0.2, 0.25) is 0 Å². The van der Waals surface area contributed by atoms with Crippen LogP contribution >= 0.6 is 11.3 Å². The van der Waals surface area contributed by atoms with Gasteiger partial charge in [-0.2, -0.15) is 0 Å². The zero-order valence-corrected chi connectivity index (χ0v) is 11.2. The molecule has 16 heavy (non-hydrogen) atoms. The van der Waals surface area contributed by atoms with Crippen LogP contribution in [0.4, 0.5) is 5.13 Å². The molecule has 3 nitrogen and oxygen atoms in total. The van der Waals surface area contributed by atoms with Gasteiger partial charge in [0.05, 0.1) is 5.69 Å². The van der Waals surface area contributed by atoms with Gasteiger partial charge in [-0.15, -0.1) is 11.3 Å². The molecule has 0 radical (unpaired) electrons. The van der Waals surface area contributed by atoms with Gasteiger partial charge in [0, 0.05) is 18.0 Å². The van der Waals surface area contributed by atoms with Crippen LogP contribution in [0.25, 0.3) is 0 Å². The van der Waals surface area contributed by atoms with Crippen LogP contribution in [-0.4, -0.2) is 36.6 Å². The summed E-state index contributed by atoms with van der Waals surface area (Å²) < 4.78 is 0. The summed E-state index contributed by atoms with van der Waals surface area (Å²) in [6.07, 6.45) is 2.68. The van der Waals surface area contributed by atoms with Crippen molar-refractivity contribution in [3.05, 3.63) is 10.6 Å². The zero-order chi connectivity index (χ0) is 11.5. The summed E-state index contributed by atoms with van der Waals surface area (Å²) in [5.41, 5.74) is 1.16. The van der Waals surface area contributed by atoms with Crippen molar-refractivity contribution in [1.29, 1.82) is 0 Å². The minimum absolute atomic E-state index is 0.781. The molecule has 1 aromatic rings. The minimum atomic E-state index is 0.781. The van der Waals surface area contributed by atoms with Crippen molar-refractivity contribution in [3.63, 3.8) is 0 Å². The van der Waals surface area contributed by atoms with Crippen LogP contribution in [0.15, 0.2) is 0 Å². The van der Waals surface area contributed by atoms with E-state index in [9.17, 15) is 0 Å². The molecule has 90 valence electrons. The fourth-order valence-corrected chi connectivity index (χ4v) is 3.04. The molecule has 4 heteroatoms. The molecule has 0 saturated carbocycles. The minimum Gasteiger partial charge on any atom is -0.361 e. The monoisotopic (exact) mass is 239 g/mol. The maximum Gasteiger partial charge on any atom is 0.183 e. The molecule has 1 N–H and O–H groups in total. The number of anilines is 1. The lowest BCUT2D eigenvalue weighted by molar-refractivity contribution is 0.217. The third-order valence-electron chi connectivity index (χ3n) is 3.29. The Morgan fingerprint density at radius 1 is 1.50 bits per heavy atom. The van der Waals surface area contributed by atoms with Crippen LogP contribution in [-0.2, 0) is 0 Å². The number of nitrogens with one attached hydrogen (secondary N) is 1. The van der Waals surface area contributed by atoms with Gasteiger partial charge in [-0.05, 0) is 46.2 Å². The van der Waals surface area contributed by atoms with Crippen LogP contribution < -0.4 is 5.32 Å². The number of piperidine rings is 1. The highest BCUT2D eigenvalue weighted by atomic mass is 32.1. The first-order valence-corrected chi connectivity index (χ1v) is 6.83. The number of hydrogen-bond donors (Lipinski definition) is 1. The molecule has 1 saturated heterocycles. The van der Waals surface area contributed by atoms with Crippen molar-refractivity contribution in [2.45, 2.75) is 26.7 Å². The number of thiazole rings is 1. The Kier molecular flexibility index (Phi) is 3.82. The highest BCUT2D eigenvalue weighted by molar-refractivity contribution is 7.15. The molecule has 0 aliphatic carbocycles. The molecule has 1 aromatic heterocycles. The Morgan fingerprint density at radius 2 is 2.31 bits per heavy atom. The lowest BCUT2D eigenvalue weighted by Gasteiger charge is -2.29. The zero-order valence-electron chi connectivity index (χ0n) is 10.4. The number of rotatable bonds is 3. The maximum absolute atomic E-state index is 4.51. The molecule has 0 bridgehead atoms. The third kappa shape index (κ3) is 2.95. The second-order valence-corrected chi connectivity index (χ2v) is 6.02. The first-order valence-electron chi connectivity index (χ1n) is 6.01. The van der Waals surface area contributed by atoms with E-state index in [2.05, 4.69) is 36.1 Å². The highest BCUT2D eigenvalue weighted by Crippen LogP contribution is 2.22. The SMILES string of the molecule is Cc1nc(NCC2CCCN(C)C2)sc1C. The largest absolute Gasteiger partial charge is 0.361 e. The van der Waals surface area contributed by atoms with Gasteiger partial charge in [-0.25, -0.2) is 4.98 Å². The summed E-state index contributed by atoms with van der Waals surface area (Å²) in [7, 11) is 2.21.